The normalized spacial score (nSPS) is 12.0. The molecule has 2 amide bonds. The number of sulfonamides is 1. The number of rotatable bonds is 12. The first-order valence-corrected chi connectivity index (χ1v) is 13.3. The summed E-state index contributed by atoms with van der Waals surface area (Å²) in [4.78, 5) is 27.7. The zero-order valence-corrected chi connectivity index (χ0v) is 21.4. The van der Waals surface area contributed by atoms with Crippen LogP contribution in [0, 0.1) is 6.92 Å². The molecule has 1 atom stereocenters. The smallest absolute Gasteiger partial charge is 0.244 e. The number of benzene rings is 2. The minimum absolute atomic E-state index is 0.173. The molecule has 1 N–H and O–H groups in total. The van der Waals surface area contributed by atoms with Crippen molar-refractivity contribution in [3.63, 3.8) is 0 Å². The van der Waals surface area contributed by atoms with Crippen molar-refractivity contribution < 1.29 is 22.7 Å². The second kappa shape index (κ2) is 12.4. The van der Waals surface area contributed by atoms with Crippen LogP contribution in [0.4, 0.5) is 5.69 Å². The van der Waals surface area contributed by atoms with E-state index in [1.54, 1.807) is 38.1 Å². The van der Waals surface area contributed by atoms with Crippen molar-refractivity contribution in [3.05, 3.63) is 59.7 Å². The van der Waals surface area contributed by atoms with Crippen molar-refractivity contribution in [2.24, 2.45) is 0 Å². The van der Waals surface area contributed by atoms with Crippen molar-refractivity contribution in [2.45, 2.75) is 46.7 Å². The van der Waals surface area contributed by atoms with Crippen LogP contribution in [0.15, 0.2) is 48.5 Å². The van der Waals surface area contributed by atoms with Gasteiger partial charge in [0.15, 0.2) is 0 Å². The Morgan fingerprint density at radius 2 is 1.79 bits per heavy atom. The van der Waals surface area contributed by atoms with Gasteiger partial charge in [0.2, 0.25) is 21.8 Å². The molecule has 9 heteroatoms. The average molecular weight is 490 g/mol. The SMILES string of the molecule is CCCNC(=O)[C@H](C)N(Cc1cccc(C)c1)C(=O)CN(c1ccccc1OCC)S(C)(=O)=O. The number of nitrogens with one attached hydrogen (secondary N) is 1. The van der Waals surface area contributed by atoms with Crippen LogP contribution in [-0.4, -0.2) is 57.1 Å². The van der Waals surface area contributed by atoms with Crippen molar-refractivity contribution in [3.8, 4) is 5.75 Å². The van der Waals surface area contributed by atoms with Gasteiger partial charge in [-0.15, -0.1) is 0 Å². The highest BCUT2D eigenvalue weighted by atomic mass is 32.2. The van der Waals surface area contributed by atoms with Crippen LogP contribution in [0.2, 0.25) is 0 Å². The number of hydrogen-bond acceptors (Lipinski definition) is 5. The quantitative estimate of drug-likeness (QED) is 0.494. The number of carbonyl (C=O) groups excluding carboxylic acids is 2. The molecule has 2 aromatic carbocycles. The van der Waals surface area contributed by atoms with Gasteiger partial charge in [-0.1, -0.05) is 48.9 Å². The Bertz CT molecular complexity index is 1090. The van der Waals surface area contributed by atoms with Crippen molar-refractivity contribution in [1.82, 2.24) is 10.2 Å². The summed E-state index contributed by atoms with van der Waals surface area (Å²) in [6.07, 6.45) is 1.81. The minimum atomic E-state index is -3.82. The van der Waals surface area contributed by atoms with Crippen molar-refractivity contribution in [1.29, 1.82) is 0 Å². The number of hydrogen-bond donors (Lipinski definition) is 1. The van der Waals surface area contributed by atoms with E-state index in [1.807, 2.05) is 38.1 Å². The number of carbonyl (C=O) groups is 2. The zero-order valence-electron chi connectivity index (χ0n) is 20.6. The van der Waals surface area contributed by atoms with Crippen LogP contribution in [0.1, 0.15) is 38.3 Å². The highest BCUT2D eigenvalue weighted by Gasteiger charge is 2.31. The molecule has 0 spiro atoms. The lowest BCUT2D eigenvalue weighted by atomic mass is 10.1. The van der Waals surface area contributed by atoms with E-state index in [1.165, 1.54) is 4.90 Å². The predicted molar refractivity (Wildman–Crippen MR) is 134 cm³/mol. The molecule has 0 fully saturated rings. The van der Waals surface area contributed by atoms with Crippen LogP contribution >= 0.6 is 0 Å². The van der Waals surface area contributed by atoms with Gasteiger partial charge < -0.3 is 15.0 Å². The summed E-state index contributed by atoms with van der Waals surface area (Å²) in [5, 5.41) is 2.82. The average Bonchev–Trinajstić information content (AvgIpc) is 2.79. The third-order valence-electron chi connectivity index (χ3n) is 5.26. The Hall–Kier alpha value is -3.07. The fourth-order valence-electron chi connectivity index (χ4n) is 3.52. The maximum atomic E-state index is 13.6. The van der Waals surface area contributed by atoms with E-state index in [0.29, 0.717) is 18.9 Å². The number of ether oxygens (including phenoxy) is 1. The molecule has 0 saturated heterocycles. The van der Waals surface area contributed by atoms with Gasteiger partial charge in [0, 0.05) is 13.1 Å². The summed E-state index contributed by atoms with van der Waals surface area (Å²) < 4.78 is 32.1. The molecule has 0 aliphatic heterocycles. The third kappa shape index (κ3) is 7.48. The molecule has 2 rings (SSSR count). The highest BCUT2D eigenvalue weighted by molar-refractivity contribution is 7.92. The standard InChI is InChI=1S/C25H35N3O5S/c1-6-15-26-25(30)20(4)27(17-21-12-10-11-19(3)16-21)24(29)18-28(34(5,31)32)22-13-8-9-14-23(22)33-7-2/h8-14,16,20H,6-7,15,17-18H2,1-5H3,(H,26,30)/t20-/m0/s1. The van der Waals surface area contributed by atoms with E-state index < -0.39 is 28.5 Å². The summed E-state index contributed by atoms with van der Waals surface area (Å²) in [6, 6.07) is 13.5. The molecule has 0 radical (unpaired) electrons. The molecule has 0 aliphatic carbocycles. The van der Waals surface area contributed by atoms with Gasteiger partial charge in [-0.2, -0.15) is 0 Å². The lowest BCUT2D eigenvalue weighted by Gasteiger charge is -2.32. The Labute approximate surface area is 202 Å². The molecule has 0 unspecified atom stereocenters. The van der Waals surface area contributed by atoms with Crippen LogP contribution < -0.4 is 14.4 Å². The largest absolute Gasteiger partial charge is 0.492 e. The predicted octanol–water partition coefficient (Wildman–Crippen LogP) is 3.10. The van der Waals surface area contributed by atoms with Gasteiger partial charge in [0.25, 0.3) is 0 Å². The van der Waals surface area contributed by atoms with Crippen molar-refractivity contribution >= 4 is 27.5 Å². The van der Waals surface area contributed by atoms with Crippen molar-refractivity contribution in [2.75, 3.05) is 30.3 Å². The zero-order chi connectivity index (χ0) is 25.3. The topological polar surface area (TPSA) is 96.0 Å². The van der Waals surface area contributed by atoms with Gasteiger partial charge in [0.05, 0.1) is 18.6 Å². The highest BCUT2D eigenvalue weighted by Crippen LogP contribution is 2.30. The Morgan fingerprint density at radius 3 is 2.41 bits per heavy atom. The summed E-state index contributed by atoms with van der Waals surface area (Å²) in [7, 11) is -3.82. The summed E-state index contributed by atoms with van der Waals surface area (Å²) >= 11 is 0. The first-order chi connectivity index (χ1) is 16.1. The van der Waals surface area contributed by atoms with Gasteiger partial charge in [-0.3, -0.25) is 13.9 Å². The molecule has 34 heavy (non-hydrogen) atoms. The van der Waals surface area contributed by atoms with Gasteiger partial charge in [-0.25, -0.2) is 8.42 Å². The molecule has 0 aromatic heterocycles. The lowest BCUT2D eigenvalue weighted by Crippen LogP contribution is -2.51. The van der Waals surface area contributed by atoms with E-state index in [0.717, 1.165) is 28.1 Å². The van der Waals surface area contributed by atoms with Crippen LogP contribution in [-0.2, 0) is 26.2 Å². The Kier molecular flexibility index (Phi) is 9.92. The second-order valence-electron chi connectivity index (χ2n) is 8.15. The second-order valence-corrected chi connectivity index (χ2v) is 10.1. The molecule has 8 nitrogen and oxygen atoms in total. The number of para-hydroxylation sites is 2. The van der Waals surface area contributed by atoms with Crippen LogP contribution in [0.3, 0.4) is 0 Å². The molecule has 2 aromatic rings. The van der Waals surface area contributed by atoms with Gasteiger partial charge in [0.1, 0.15) is 18.3 Å². The summed E-state index contributed by atoms with van der Waals surface area (Å²) in [5.74, 6) is -0.414. The van der Waals surface area contributed by atoms with E-state index in [-0.39, 0.29) is 18.1 Å². The molecule has 0 bridgehead atoms. The van der Waals surface area contributed by atoms with E-state index >= 15 is 0 Å². The van der Waals surface area contributed by atoms with Crippen LogP contribution in [0.5, 0.6) is 5.75 Å². The van der Waals surface area contributed by atoms with E-state index in [2.05, 4.69) is 5.32 Å². The first kappa shape index (κ1) is 27.2. The Morgan fingerprint density at radius 1 is 1.09 bits per heavy atom. The fraction of sp³-hybridized carbons (Fsp3) is 0.440. The van der Waals surface area contributed by atoms with E-state index in [9.17, 15) is 18.0 Å². The molecular formula is C25H35N3O5S. The minimum Gasteiger partial charge on any atom is -0.492 e. The first-order valence-electron chi connectivity index (χ1n) is 11.4. The van der Waals surface area contributed by atoms with Crippen LogP contribution in [0.25, 0.3) is 0 Å². The van der Waals surface area contributed by atoms with E-state index in [4.69, 9.17) is 4.74 Å². The fourth-order valence-corrected chi connectivity index (χ4v) is 4.37. The lowest BCUT2D eigenvalue weighted by molar-refractivity contribution is -0.139. The molecule has 0 heterocycles. The van der Waals surface area contributed by atoms with Gasteiger partial charge in [-0.05, 0) is 44.9 Å². The number of anilines is 1. The summed E-state index contributed by atoms with van der Waals surface area (Å²) in [5.41, 5.74) is 2.15. The number of nitrogens with zero attached hydrogens (tertiary/aromatic N) is 2. The number of amides is 2. The third-order valence-corrected chi connectivity index (χ3v) is 6.39. The monoisotopic (exact) mass is 489 g/mol. The Balaban J connectivity index is 2.42. The molecule has 186 valence electrons. The molecule has 0 saturated carbocycles. The summed E-state index contributed by atoms with van der Waals surface area (Å²) in [6.45, 7) is 7.89. The van der Waals surface area contributed by atoms with Gasteiger partial charge >= 0.3 is 0 Å². The maximum absolute atomic E-state index is 13.6. The maximum Gasteiger partial charge on any atom is 0.244 e. The molecular weight excluding hydrogens is 454 g/mol. The molecule has 0 aliphatic rings. The number of aryl methyl sites for hydroxylation is 1.